The van der Waals surface area contributed by atoms with Crippen molar-refractivity contribution < 1.29 is 9.18 Å². The highest BCUT2D eigenvalue weighted by Gasteiger charge is 2.21. The molecule has 0 radical (unpaired) electrons. The Morgan fingerprint density at radius 1 is 1.50 bits per heavy atom. The topological polar surface area (TPSA) is 72.9 Å². The molecule has 1 fully saturated rings. The Hall–Kier alpha value is -2.21. The molecular formula is C14H15FN4O. The molecule has 2 aromatic rings. The molecule has 1 aliphatic carbocycles. The van der Waals surface area contributed by atoms with Crippen LogP contribution in [0.4, 0.5) is 4.39 Å². The van der Waals surface area contributed by atoms with E-state index in [1.165, 1.54) is 18.3 Å². The number of rotatable bonds is 5. The van der Waals surface area contributed by atoms with Crippen LogP contribution in [-0.4, -0.2) is 21.7 Å². The first-order valence-electron chi connectivity index (χ1n) is 6.50. The Morgan fingerprint density at radius 3 is 2.95 bits per heavy atom. The van der Waals surface area contributed by atoms with Gasteiger partial charge >= 0.3 is 0 Å². The van der Waals surface area contributed by atoms with Crippen LogP contribution in [0.15, 0.2) is 30.6 Å². The molecular weight excluding hydrogens is 259 g/mol. The number of carbonyl (C=O) groups is 1. The number of primary amides is 1. The van der Waals surface area contributed by atoms with Gasteiger partial charge in [-0.3, -0.25) is 4.79 Å². The number of benzene rings is 1. The van der Waals surface area contributed by atoms with Gasteiger partial charge in [-0.05, 0) is 36.6 Å². The lowest BCUT2D eigenvalue weighted by Gasteiger charge is -2.10. The lowest BCUT2D eigenvalue weighted by molar-refractivity contribution is 0.100. The fourth-order valence-electron chi connectivity index (χ4n) is 2.04. The smallest absolute Gasteiger partial charge is 0.251 e. The maximum Gasteiger partial charge on any atom is 0.251 e. The number of carbonyl (C=O) groups excluding carboxylic acids is 1. The number of aromatic nitrogens is 2. The molecule has 0 saturated heterocycles. The van der Waals surface area contributed by atoms with Gasteiger partial charge in [0.1, 0.15) is 5.82 Å². The summed E-state index contributed by atoms with van der Waals surface area (Å²) in [5.74, 6) is -0.820. The lowest BCUT2D eigenvalue weighted by Crippen LogP contribution is -2.17. The number of nitrogens with one attached hydrogen (secondary N) is 1. The van der Waals surface area contributed by atoms with Crippen LogP contribution in [0.5, 0.6) is 0 Å². The standard InChI is InChI=1S/C14H15FN4O/c15-11-1-4-13(9(5-11)6-17-12-2-3-12)19-8-10(7-18-19)14(16)20/h1,4-5,7-8,12,17H,2-3,6H2,(H2,16,20). The molecule has 104 valence electrons. The zero-order valence-electron chi connectivity index (χ0n) is 10.8. The van der Waals surface area contributed by atoms with Gasteiger partial charge in [0.05, 0.1) is 17.4 Å². The minimum atomic E-state index is -0.531. The summed E-state index contributed by atoms with van der Waals surface area (Å²) < 4.78 is 14.9. The number of nitrogens with zero attached hydrogens (tertiary/aromatic N) is 2. The zero-order valence-corrected chi connectivity index (χ0v) is 10.8. The summed E-state index contributed by atoms with van der Waals surface area (Å²) in [5.41, 5.74) is 7.08. The van der Waals surface area contributed by atoms with E-state index in [4.69, 9.17) is 5.73 Å². The van der Waals surface area contributed by atoms with E-state index in [0.717, 1.165) is 24.1 Å². The molecule has 1 amide bonds. The second-order valence-electron chi connectivity index (χ2n) is 4.97. The molecule has 1 heterocycles. The molecule has 0 spiro atoms. The van der Waals surface area contributed by atoms with Crippen LogP contribution in [0.3, 0.4) is 0 Å². The Kier molecular flexibility index (Phi) is 3.23. The van der Waals surface area contributed by atoms with Crippen LogP contribution in [-0.2, 0) is 6.54 Å². The van der Waals surface area contributed by atoms with E-state index < -0.39 is 5.91 Å². The summed E-state index contributed by atoms with van der Waals surface area (Å²) in [6.07, 6.45) is 5.29. The van der Waals surface area contributed by atoms with Crippen LogP contribution < -0.4 is 11.1 Å². The Morgan fingerprint density at radius 2 is 2.30 bits per heavy atom. The largest absolute Gasteiger partial charge is 0.366 e. The molecule has 5 nitrogen and oxygen atoms in total. The van der Waals surface area contributed by atoms with E-state index in [2.05, 4.69) is 10.4 Å². The van der Waals surface area contributed by atoms with Crippen LogP contribution in [0, 0.1) is 5.82 Å². The Labute approximate surface area is 115 Å². The number of halogens is 1. The van der Waals surface area contributed by atoms with Crippen molar-refractivity contribution >= 4 is 5.91 Å². The van der Waals surface area contributed by atoms with Crippen molar-refractivity contribution in [1.29, 1.82) is 0 Å². The van der Waals surface area contributed by atoms with Crippen molar-refractivity contribution in [1.82, 2.24) is 15.1 Å². The molecule has 0 aliphatic heterocycles. The molecule has 0 atom stereocenters. The first-order chi connectivity index (χ1) is 9.63. The van der Waals surface area contributed by atoms with Gasteiger partial charge in [-0.1, -0.05) is 0 Å². The number of hydrogen-bond acceptors (Lipinski definition) is 3. The predicted octanol–water partition coefficient (Wildman–Crippen LogP) is 1.36. The second kappa shape index (κ2) is 5.05. The van der Waals surface area contributed by atoms with E-state index in [1.54, 1.807) is 16.9 Å². The maximum absolute atomic E-state index is 13.4. The van der Waals surface area contributed by atoms with Gasteiger partial charge in [-0.2, -0.15) is 5.10 Å². The van der Waals surface area contributed by atoms with E-state index >= 15 is 0 Å². The normalized spacial score (nSPS) is 14.4. The molecule has 1 aromatic heterocycles. The minimum Gasteiger partial charge on any atom is -0.366 e. The molecule has 0 unspecified atom stereocenters. The zero-order chi connectivity index (χ0) is 14.1. The minimum absolute atomic E-state index is 0.288. The average molecular weight is 274 g/mol. The van der Waals surface area contributed by atoms with Crippen molar-refractivity contribution in [3.63, 3.8) is 0 Å². The van der Waals surface area contributed by atoms with E-state index in [-0.39, 0.29) is 5.82 Å². The van der Waals surface area contributed by atoms with Crippen LogP contribution >= 0.6 is 0 Å². The summed E-state index contributed by atoms with van der Waals surface area (Å²) in [7, 11) is 0. The van der Waals surface area contributed by atoms with Crippen molar-refractivity contribution in [3.05, 3.63) is 47.5 Å². The fraction of sp³-hybridized carbons (Fsp3) is 0.286. The second-order valence-corrected chi connectivity index (χ2v) is 4.97. The van der Waals surface area contributed by atoms with Gasteiger partial charge in [0.2, 0.25) is 0 Å². The molecule has 1 saturated carbocycles. The van der Waals surface area contributed by atoms with Gasteiger partial charge in [-0.25, -0.2) is 9.07 Å². The predicted molar refractivity (Wildman–Crippen MR) is 71.9 cm³/mol. The summed E-state index contributed by atoms with van der Waals surface area (Å²) >= 11 is 0. The van der Waals surface area contributed by atoms with Crippen LogP contribution in [0.25, 0.3) is 5.69 Å². The molecule has 3 N–H and O–H groups in total. The third kappa shape index (κ3) is 2.70. The maximum atomic E-state index is 13.4. The van der Waals surface area contributed by atoms with Crippen molar-refractivity contribution in [2.45, 2.75) is 25.4 Å². The molecule has 6 heteroatoms. The molecule has 0 bridgehead atoms. The SMILES string of the molecule is NC(=O)c1cnn(-c2ccc(F)cc2CNC2CC2)c1. The van der Waals surface area contributed by atoms with Gasteiger partial charge in [0, 0.05) is 18.8 Å². The van der Waals surface area contributed by atoms with Gasteiger partial charge in [0.25, 0.3) is 5.91 Å². The van der Waals surface area contributed by atoms with Crippen LogP contribution in [0.2, 0.25) is 0 Å². The highest BCUT2D eigenvalue weighted by molar-refractivity contribution is 5.92. The first-order valence-corrected chi connectivity index (χ1v) is 6.50. The van der Waals surface area contributed by atoms with Gasteiger partial charge in [0.15, 0.2) is 0 Å². The highest BCUT2D eigenvalue weighted by atomic mass is 19.1. The number of nitrogens with two attached hydrogens (primary N) is 1. The molecule has 3 rings (SSSR count). The summed E-state index contributed by atoms with van der Waals surface area (Å²) in [6, 6.07) is 5.04. The lowest BCUT2D eigenvalue weighted by atomic mass is 10.1. The summed E-state index contributed by atoms with van der Waals surface area (Å²) in [4.78, 5) is 11.1. The van der Waals surface area contributed by atoms with Crippen molar-refractivity contribution in [2.24, 2.45) is 5.73 Å². The average Bonchev–Trinajstić information content (AvgIpc) is 3.11. The Bertz CT molecular complexity index is 648. The Balaban J connectivity index is 1.91. The molecule has 1 aromatic carbocycles. The third-order valence-corrected chi connectivity index (χ3v) is 3.31. The van der Waals surface area contributed by atoms with Crippen molar-refractivity contribution in [3.8, 4) is 5.69 Å². The van der Waals surface area contributed by atoms with E-state index in [9.17, 15) is 9.18 Å². The summed E-state index contributed by atoms with van der Waals surface area (Å²) in [6.45, 7) is 0.573. The van der Waals surface area contributed by atoms with E-state index in [1.807, 2.05) is 0 Å². The molecule has 1 aliphatic rings. The highest BCUT2D eigenvalue weighted by Crippen LogP contribution is 2.21. The van der Waals surface area contributed by atoms with E-state index in [0.29, 0.717) is 18.2 Å². The fourth-order valence-corrected chi connectivity index (χ4v) is 2.04. The number of hydrogen-bond donors (Lipinski definition) is 2. The number of amides is 1. The monoisotopic (exact) mass is 274 g/mol. The van der Waals surface area contributed by atoms with Gasteiger partial charge in [-0.15, -0.1) is 0 Å². The molecule has 20 heavy (non-hydrogen) atoms. The third-order valence-electron chi connectivity index (χ3n) is 3.31. The first kappa shape index (κ1) is 12.8. The van der Waals surface area contributed by atoms with Crippen molar-refractivity contribution in [2.75, 3.05) is 0 Å². The quantitative estimate of drug-likeness (QED) is 0.864. The summed E-state index contributed by atoms with van der Waals surface area (Å²) in [5, 5.41) is 7.45. The van der Waals surface area contributed by atoms with Crippen LogP contribution in [0.1, 0.15) is 28.8 Å². The van der Waals surface area contributed by atoms with Gasteiger partial charge < -0.3 is 11.1 Å².